The second-order valence-electron chi connectivity index (χ2n) is 3.70. The van der Waals surface area contributed by atoms with Crippen LogP contribution in [-0.2, 0) is 6.42 Å². The molecule has 2 aromatic rings. The zero-order valence-corrected chi connectivity index (χ0v) is 11.8. The molecule has 2 heterocycles. The number of hydrazine groups is 1. The van der Waals surface area contributed by atoms with Crippen LogP contribution in [0.15, 0.2) is 28.3 Å². The quantitative estimate of drug-likeness (QED) is 0.672. The lowest BCUT2D eigenvalue weighted by Gasteiger charge is -2.14. The van der Waals surface area contributed by atoms with Gasteiger partial charge in [0.1, 0.15) is 0 Å². The molecule has 0 saturated carbocycles. The van der Waals surface area contributed by atoms with Crippen molar-refractivity contribution in [1.29, 1.82) is 0 Å². The van der Waals surface area contributed by atoms with E-state index in [2.05, 4.69) is 31.3 Å². The van der Waals surface area contributed by atoms with Crippen LogP contribution in [0.25, 0.3) is 0 Å². The molecule has 90 valence electrons. The van der Waals surface area contributed by atoms with Gasteiger partial charge in [-0.3, -0.25) is 21.2 Å². The predicted octanol–water partition coefficient (Wildman–Crippen LogP) is 2.36. The molecule has 6 heteroatoms. The Kier molecular flexibility index (Phi) is 4.22. The molecule has 0 aliphatic heterocycles. The molecule has 1 unspecified atom stereocenters. The standard InChI is InChI=1S/C11H13BrN4S/c1-7-5-15-10(6-14-7)9(16-13)4-11-8(12)2-3-17-11/h2-3,5-6,9,16H,4,13H2,1H3. The van der Waals surface area contributed by atoms with E-state index in [4.69, 9.17) is 5.84 Å². The van der Waals surface area contributed by atoms with Crippen LogP contribution in [0.2, 0.25) is 0 Å². The fourth-order valence-corrected chi connectivity index (χ4v) is 3.05. The summed E-state index contributed by atoms with van der Waals surface area (Å²) >= 11 is 5.21. The Morgan fingerprint density at radius 1 is 1.47 bits per heavy atom. The SMILES string of the molecule is Cc1cnc(C(Cc2sccc2Br)NN)cn1. The average Bonchev–Trinajstić information content (AvgIpc) is 2.73. The van der Waals surface area contributed by atoms with Gasteiger partial charge in [-0.05, 0) is 34.3 Å². The third-order valence-corrected chi connectivity index (χ3v) is 4.39. The lowest BCUT2D eigenvalue weighted by molar-refractivity contribution is 0.538. The van der Waals surface area contributed by atoms with Gasteiger partial charge in [0.15, 0.2) is 0 Å². The number of rotatable bonds is 4. The molecule has 1 atom stereocenters. The molecular formula is C11H13BrN4S. The highest BCUT2D eigenvalue weighted by Crippen LogP contribution is 2.27. The topological polar surface area (TPSA) is 63.8 Å². The van der Waals surface area contributed by atoms with Crippen molar-refractivity contribution in [1.82, 2.24) is 15.4 Å². The number of hydrogen-bond acceptors (Lipinski definition) is 5. The van der Waals surface area contributed by atoms with Crippen molar-refractivity contribution in [2.45, 2.75) is 19.4 Å². The first-order valence-electron chi connectivity index (χ1n) is 5.17. The fraction of sp³-hybridized carbons (Fsp3) is 0.273. The van der Waals surface area contributed by atoms with Crippen LogP contribution < -0.4 is 11.3 Å². The normalized spacial score (nSPS) is 12.6. The number of nitrogens with two attached hydrogens (primary N) is 1. The number of halogens is 1. The van der Waals surface area contributed by atoms with Gasteiger partial charge in [0.05, 0.1) is 23.6 Å². The summed E-state index contributed by atoms with van der Waals surface area (Å²) in [5, 5.41) is 2.05. The number of nitrogens with zero attached hydrogens (tertiary/aromatic N) is 2. The molecule has 0 aromatic carbocycles. The summed E-state index contributed by atoms with van der Waals surface area (Å²) in [4.78, 5) is 9.82. The van der Waals surface area contributed by atoms with Crippen molar-refractivity contribution in [2.24, 2.45) is 5.84 Å². The molecule has 0 radical (unpaired) electrons. The predicted molar refractivity (Wildman–Crippen MR) is 72.6 cm³/mol. The molecule has 17 heavy (non-hydrogen) atoms. The molecule has 0 aliphatic carbocycles. The largest absolute Gasteiger partial charge is 0.271 e. The summed E-state index contributed by atoms with van der Waals surface area (Å²) in [6, 6.07) is 2.02. The van der Waals surface area contributed by atoms with Crippen molar-refractivity contribution in [2.75, 3.05) is 0 Å². The Balaban J connectivity index is 2.17. The van der Waals surface area contributed by atoms with E-state index in [1.54, 1.807) is 23.7 Å². The van der Waals surface area contributed by atoms with E-state index in [0.717, 1.165) is 22.3 Å². The Labute approximate surface area is 112 Å². The molecule has 2 aromatic heterocycles. The summed E-state index contributed by atoms with van der Waals surface area (Å²) in [5.74, 6) is 5.58. The van der Waals surface area contributed by atoms with Crippen molar-refractivity contribution >= 4 is 27.3 Å². The minimum absolute atomic E-state index is 0.0157. The van der Waals surface area contributed by atoms with Gasteiger partial charge in [0.25, 0.3) is 0 Å². The molecule has 0 spiro atoms. The van der Waals surface area contributed by atoms with Gasteiger partial charge >= 0.3 is 0 Å². The van der Waals surface area contributed by atoms with Crippen molar-refractivity contribution in [3.63, 3.8) is 0 Å². The van der Waals surface area contributed by atoms with Gasteiger partial charge in [0.2, 0.25) is 0 Å². The van der Waals surface area contributed by atoms with Gasteiger partial charge in [-0.25, -0.2) is 0 Å². The lowest BCUT2D eigenvalue weighted by Crippen LogP contribution is -2.30. The molecule has 0 aliphatic rings. The van der Waals surface area contributed by atoms with E-state index in [0.29, 0.717) is 0 Å². The first-order valence-corrected chi connectivity index (χ1v) is 6.84. The monoisotopic (exact) mass is 312 g/mol. The van der Waals surface area contributed by atoms with Crippen LogP contribution in [0.5, 0.6) is 0 Å². The zero-order chi connectivity index (χ0) is 12.3. The smallest absolute Gasteiger partial charge is 0.0773 e. The Morgan fingerprint density at radius 3 is 2.82 bits per heavy atom. The lowest BCUT2D eigenvalue weighted by atomic mass is 10.1. The first-order chi connectivity index (χ1) is 8.20. The summed E-state index contributed by atoms with van der Waals surface area (Å²) in [5.41, 5.74) is 4.55. The maximum absolute atomic E-state index is 5.58. The van der Waals surface area contributed by atoms with Crippen LogP contribution in [0.3, 0.4) is 0 Å². The van der Waals surface area contributed by atoms with E-state index in [-0.39, 0.29) is 6.04 Å². The average molecular weight is 313 g/mol. The maximum atomic E-state index is 5.58. The molecular weight excluding hydrogens is 300 g/mol. The summed E-state index contributed by atoms with van der Waals surface area (Å²) < 4.78 is 1.11. The number of thiophene rings is 1. The van der Waals surface area contributed by atoms with Crippen molar-refractivity contribution < 1.29 is 0 Å². The highest BCUT2D eigenvalue weighted by molar-refractivity contribution is 9.10. The van der Waals surface area contributed by atoms with E-state index >= 15 is 0 Å². The minimum Gasteiger partial charge on any atom is -0.271 e. The fourth-order valence-electron chi connectivity index (χ4n) is 1.49. The van der Waals surface area contributed by atoms with Gasteiger partial charge in [-0.15, -0.1) is 11.3 Å². The third-order valence-electron chi connectivity index (χ3n) is 2.44. The first kappa shape index (κ1) is 12.6. The third kappa shape index (κ3) is 3.10. The van der Waals surface area contributed by atoms with Gasteiger partial charge < -0.3 is 0 Å². The number of aryl methyl sites for hydroxylation is 1. The Morgan fingerprint density at radius 2 is 2.29 bits per heavy atom. The molecule has 0 saturated heterocycles. The van der Waals surface area contributed by atoms with Crippen molar-refractivity contribution in [3.8, 4) is 0 Å². The van der Waals surface area contributed by atoms with Crippen LogP contribution in [-0.4, -0.2) is 9.97 Å². The maximum Gasteiger partial charge on any atom is 0.0773 e. The number of hydrogen-bond donors (Lipinski definition) is 2. The molecule has 0 bridgehead atoms. The number of nitrogens with one attached hydrogen (secondary N) is 1. The van der Waals surface area contributed by atoms with Gasteiger partial charge in [-0.2, -0.15) is 0 Å². The second kappa shape index (κ2) is 5.68. The summed E-state index contributed by atoms with van der Waals surface area (Å²) in [6.45, 7) is 1.91. The van der Waals surface area contributed by atoms with Crippen LogP contribution in [0, 0.1) is 6.92 Å². The molecule has 2 rings (SSSR count). The summed E-state index contributed by atoms with van der Waals surface area (Å²) in [7, 11) is 0. The van der Waals surface area contributed by atoms with Crippen LogP contribution >= 0.6 is 27.3 Å². The van der Waals surface area contributed by atoms with Crippen LogP contribution in [0.4, 0.5) is 0 Å². The van der Waals surface area contributed by atoms with E-state index in [1.165, 1.54) is 4.88 Å². The Bertz CT molecular complexity index is 482. The second-order valence-corrected chi connectivity index (χ2v) is 5.55. The highest BCUT2D eigenvalue weighted by Gasteiger charge is 2.14. The molecule has 0 fully saturated rings. The van der Waals surface area contributed by atoms with Crippen LogP contribution in [0.1, 0.15) is 22.3 Å². The highest BCUT2D eigenvalue weighted by atomic mass is 79.9. The van der Waals surface area contributed by atoms with Gasteiger partial charge in [-0.1, -0.05) is 0 Å². The minimum atomic E-state index is -0.0157. The molecule has 4 nitrogen and oxygen atoms in total. The summed E-state index contributed by atoms with van der Waals surface area (Å²) in [6.07, 6.45) is 4.32. The molecule has 3 N–H and O–H groups in total. The zero-order valence-electron chi connectivity index (χ0n) is 9.35. The number of aromatic nitrogens is 2. The van der Waals surface area contributed by atoms with Gasteiger partial charge in [0, 0.05) is 22.0 Å². The van der Waals surface area contributed by atoms with E-state index in [9.17, 15) is 0 Å². The van der Waals surface area contributed by atoms with E-state index < -0.39 is 0 Å². The Hall–Kier alpha value is -0.820. The van der Waals surface area contributed by atoms with Crippen molar-refractivity contribution in [3.05, 3.63) is 44.6 Å². The molecule has 0 amide bonds. The van der Waals surface area contributed by atoms with E-state index in [1.807, 2.05) is 18.4 Å².